The molecule has 0 saturated heterocycles. The maximum atomic E-state index is 11.6. The number of aromatic carboxylic acids is 1. The van der Waals surface area contributed by atoms with Gasteiger partial charge in [0.25, 0.3) is 0 Å². The van der Waals surface area contributed by atoms with Crippen LogP contribution in [0.25, 0.3) is 22.0 Å². The Morgan fingerprint density at radius 1 is 1.00 bits per heavy atom. The molecule has 0 spiro atoms. The van der Waals surface area contributed by atoms with Crippen molar-refractivity contribution in [3.63, 3.8) is 0 Å². The molecule has 0 bridgehead atoms. The number of rotatable bonds is 5. The molecule has 2 N–H and O–H groups in total. The fraction of sp³-hybridized carbons (Fsp3) is 0.154. The lowest BCUT2D eigenvalue weighted by molar-refractivity contribution is 0.0698. The van der Waals surface area contributed by atoms with E-state index >= 15 is 0 Å². The van der Waals surface area contributed by atoms with E-state index in [-0.39, 0.29) is 11.6 Å². The lowest BCUT2D eigenvalue weighted by Crippen LogP contribution is -2.11. The number of pyridine rings is 1. The predicted octanol–water partition coefficient (Wildman–Crippen LogP) is 6.39. The Labute approximate surface area is 176 Å². The van der Waals surface area contributed by atoms with Crippen LogP contribution in [-0.2, 0) is 0 Å². The lowest BCUT2D eigenvalue weighted by atomic mass is 9.95. The minimum Gasteiger partial charge on any atom is -0.478 e. The van der Waals surface area contributed by atoms with Crippen molar-refractivity contribution < 1.29 is 9.90 Å². The second-order valence-corrected chi connectivity index (χ2v) is 7.68. The maximum Gasteiger partial charge on any atom is 0.337 e. The molecule has 4 heteroatoms. The van der Waals surface area contributed by atoms with Crippen LogP contribution in [0.4, 0.5) is 5.69 Å². The van der Waals surface area contributed by atoms with E-state index in [0.717, 1.165) is 33.2 Å². The van der Waals surface area contributed by atoms with Crippen LogP contribution < -0.4 is 5.32 Å². The van der Waals surface area contributed by atoms with Gasteiger partial charge in [0.2, 0.25) is 0 Å². The fourth-order valence-corrected chi connectivity index (χ4v) is 3.91. The largest absolute Gasteiger partial charge is 0.478 e. The monoisotopic (exact) mass is 396 g/mol. The van der Waals surface area contributed by atoms with Crippen LogP contribution in [0.2, 0.25) is 0 Å². The van der Waals surface area contributed by atoms with E-state index in [9.17, 15) is 9.90 Å². The number of benzene rings is 3. The summed E-state index contributed by atoms with van der Waals surface area (Å²) >= 11 is 0. The Bertz CT molecular complexity index is 1250. The lowest BCUT2D eigenvalue weighted by Gasteiger charge is -2.20. The molecular formula is C26H24N2O2. The number of carboxylic acid groups (broad SMARTS) is 1. The summed E-state index contributed by atoms with van der Waals surface area (Å²) in [5, 5.41) is 14.0. The predicted molar refractivity (Wildman–Crippen MR) is 122 cm³/mol. The summed E-state index contributed by atoms with van der Waals surface area (Å²) in [6.07, 6.45) is 1.92. The third kappa shape index (κ3) is 3.77. The second-order valence-electron chi connectivity index (χ2n) is 7.68. The minimum atomic E-state index is -0.942. The van der Waals surface area contributed by atoms with Crippen molar-refractivity contribution >= 4 is 22.6 Å². The quantitative estimate of drug-likeness (QED) is 0.410. The number of para-hydroxylation sites is 1. The molecule has 150 valence electrons. The summed E-state index contributed by atoms with van der Waals surface area (Å²) in [4.78, 5) is 16.3. The first kappa shape index (κ1) is 19.6. The third-order valence-corrected chi connectivity index (χ3v) is 5.43. The van der Waals surface area contributed by atoms with Crippen molar-refractivity contribution in [2.45, 2.75) is 26.8 Å². The Morgan fingerprint density at radius 2 is 1.73 bits per heavy atom. The fourth-order valence-electron chi connectivity index (χ4n) is 3.91. The number of nitrogens with zero attached hydrogens (tertiary/aromatic N) is 1. The molecule has 1 atom stereocenters. The van der Waals surface area contributed by atoms with Crippen molar-refractivity contribution in [3.8, 4) is 11.1 Å². The van der Waals surface area contributed by atoms with Crippen molar-refractivity contribution in [1.82, 2.24) is 4.98 Å². The second kappa shape index (κ2) is 7.99. The first-order valence-electron chi connectivity index (χ1n) is 9.99. The van der Waals surface area contributed by atoms with Crippen molar-refractivity contribution in [2.24, 2.45) is 0 Å². The van der Waals surface area contributed by atoms with E-state index in [1.54, 1.807) is 18.2 Å². The smallest absolute Gasteiger partial charge is 0.337 e. The van der Waals surface area contributed by atoms with Crippen molar-refractivity contribution in [1.29, 1.82) is 0 Å². The van der Waals surface area contributed by atoms with Gasteiger partial charge in [0.15, 0.2) is 0 Å². The molecule has 0 radical (unpaired) electrons. The van der Waals surface area contributed by atoms with Crippen LogP contribution in [-0.4, -0.2) is 16.1 Å². The molecule has 0 saturated carbocycles. The maximum absolute atomic E-state index is 11.6. The average Bonchev–Trinajstić information content (AvgIpc) is 2.73. The van der Waals surface area contributed by atoms with Gasteiger partial charge in [-0.1, -0.05) is 42.5 Å². The summed E-state index contributed by atoms with van der Waals surface area (Å²) in [6, 6.07) is 21.6. The van der Waals surface area contributed by atoms with Gasteiger partial charge in [-0.05, 0) is 67.3 Å². The molecule has 1 aromatic heterocycles. The number of aryl methyl sites for hydroxylation is 2. The van der Waals surface area contributed by atoms with Crippen LogP contribution in [0.3, 0.4) is 0 Å². The molecule has 0 amide bonds. The molecule has 0 aliphatic heterocycles. The number of fused-ring (bicyclic) bond motifs is 1. The van der Waals surface area contributed by atoms with Crippen LogP contribution >= 0.6 is 0 Å². The Morgan fingerprint density at radius 3 is 2.50 bits per heavy atom. The third-order valence-electron chi connectivity index (χ3n) is 5.43. The van der Waals surface area contributed by atoms with E-state index in [1.165, 1.54) is 5.56 Å². The molecule has 1 heterocycles. The zero-order chi connectivity index (χ0) is 21.3. The molecule has 4 nitrogen and oxygen atoms in total. The first-order chi connectivity index (χ1) is 14.4. The summed E-state index contributed by atoms with van der Waals surface area (Å²) in [6.45, 7) is 6.20. The molecular weight excluding hydrogens is 372 g/mol. The molecule has 0 fully saturated rings. The minimum absolute atomic E-state index is 0.0955. The molecule has 0 aliphatic carbocycles. The first-order valence-corrected chi connectivity index (χ1v) is 9.99. The summed E-state index contributed by atoms with van der Waals surface area (Å²) in [7, 11) is 0. The van der Waals surface area contributed by atoms with Gasteiger partial charge in [0.05, 0.1) is 11.1 Å². The molecule has 3 aromatic carbocycles. The summed E-state index contributed by atoms with van der Waals surface area (Å²) in [5.41, 5.74) is 7.45. The van der Waals surface area contributed by atoms with Gasteiger partial charge in [0, 0.05) is 28.9 Å². The topological polar surface area (TPSA) is 62.2 Å². The summed E-state index contributed by atoms with van der Waals surface area (Å²) in [5.74, 6) is -0.942. The Kier molecular flexibility index (Phi) is 5.23. The summed E-state index contributed by atoms with van der Waals surface area (Å²) < 4.78 is 0. The van der Waals surface area contributed by atoms with Crippen LogP contribution in [0, 0.1) is 13.8 Å². The van der Waals surface area contributed by atoms with E-state index in [4.69, 9.17) is 4.98 Å². The molecule has 4 rings (SSSR count). The van der Waals surface area contributed by atoms with Gasteiger partial charge in [0.1, 0.15) is 0 Å². The SMILES string of the molecule is Cc1cc(C(C)Nc2ccccc2C(=O)O)c2cc(-c3ccccc3C)cnc2c1. The van der Waals surface area contributed by atoms with Crippen molar-refractivity contribution in [3.05, 3.63) is 95.2 Å². The van der Waals surface area contributed by atoms with E-state index < -0.39 is 5.97 Å². The average molecular weight is 396 g/mol. The van der Waals surface area contributed by atoms with Gasteiger partial charge in [-0.15, -0.1) is 0 Å². The number of hydrogen-bond acceptors (Lipinski definition) is 3. The van der Waals surface area contributed by atoms with Gasteiger partial charge < -0.3 is 10.4 Å². The van der Waals surface area contributed by atoms with E-state index in [1.807, 2.05) is 31.3 Å². The van der Waals surface area contributed by atoms with Gasteiger partial charge in [-0.3, -0.25) is 4.98 Å². The number of carboxylic acids is 1. The molecule has 30 heavy (non-hydrogen) atoms. The van der Waals surface area contributed by atoms with Crippen LogP contribution in [0.1, 0.15) is 40.0 Å². The Balaban J connectivity index is 1.81. The number of nitrogens with one attached hydrogen (secondary N) is 1. The number of hydrogen-bond donors (Lipinski definition) is 2. The number of anilines is 1. The molecule has 0 aliphatic rings. The molecule has 1 unspecified atom stereocenters. The van der Waals surface area contributed by atoms with Gasteiger partial charge in [-0.25, -0.2) is 4.79 Å². The number of aromatic nitrogens is 1. The normalized spacial score (nSPS) is 12.0. The zero-order valence-corrected chi connectivity index (χ0v) is 17.3. The van der Waals surface area contributed by atoms with Crippen LogP contribution in [0.15, 0.2) is 72.9 Å². The van der Waals surface area contributed by atoms with E-state index in [0.29, 0.717) is 5.69 Å². The highest BCUT2D eigenvalue weighted by Gasteiger charge is 2.16. The van der Waals surface area contributed by atoms with Crippen LogP contribution in [0.5, 0.6) is 0 Å². The van der Waals surface area contributed by atoms with Gasteiger partial charge >= 0.3 is 5.97 Å². The Hall–Kier alpha value is -3.66. The highest BCUT2D eigenvalue weighted by molar-refractivity contribution is 5.94. The molecule has 4 aromatic rings. The zero-order valence-electron chi connectivity index (χ0n) is 17.3. The number of carbonyl (C=O) groups is 1. The van der Waals surface area contributed by atoms with Gasteiger partial charge in [-0.2, -0.15) is 0 Å². The standard InChI is InChI=1S/C26H24N2O2/c1-16-12-22(18(3)28-24-11-7-6-10-21(24)26(29)30)23-14-19(15-27-25(23)13-16)20-9-5-4-8-17(20)2/h4-15,18,28H,1-3H3,(H,29,30). The highest BCUT2D eigenvalue weighted by Crippen LogP contribution is 2.32. The van der Waals surface area contributed by atoms with Crippen molar-refractivity contribution in [2.75, 3.05) is 5.32 Å². The highest BCUT2D eigenvalue weighted by atomic mass is 16.4. The van der Waals surface area contributed by atoms with E-state index in [2.05, 4.69) is 49.5 Å².